The average molecular weight is 953 g/mol. The number of anilines is 1. The van der Waals surface area contributed by atoms with Gasteiger partial charge in [0.05, 0.1) is 45.2 Å². The van der Waals surface area contributed by atoms with E-state index in [1.165, 1.54) is 10.9 Å². The zero-order chi connectivity index (χ0) is 46.1. The van der Waals surface area contributed by atoms with E-state index in [1.54, 1.807) is 30.3 Å². The van der Waals surface area contributed by atoms with Gasteiger partial charge in [-0.1, -0.05) is 18.2 Å². The second-order valence-corrected chi connectivity index (χ2v) is 19.3. The zero-order valence-corrected chi connectivity index (χ0v) is 37.6. The molecule has 10 atom stereocenters. The van der Waals surface area contributed by atoms with Crippen LogP contribution in [0.3, 0.4) is 0 Å². The highest BCUT2D eigenvalue weighted by Crippen LogP contribution is 2.55. The first-order valence-corrected chi connectivity index (χ1v) is 23.7. The molecule has 2 aliphatic heterocycles. The van der Waals surface area contributed by atoms with E-state index in [0.29, 0.717) is 5.56 Å². The molecular formula is C38H48F2N10O11P2S. The highest BCUT2D eigenvalue weighted by atomic mass is 32.5. The molecule has 2 saturated heterocycles. The summed E-state index contributed by atoms with van der Waals surface area (Å²) >= 11 is 5.73. The second kappa shape index (κ2) is 22.2. The summed E-state index contributed by atoms with van der Waals surface area (Å²) in [5.41, 5.74) is -1.11. The van der Waals surface area contributed by atoms with Gasteiger partial charge in [-0.2, -0.15) is 5.26 Å². The third-order valence-electron chi connectivity index (χ3n) is 9.75. The molecule has 2 fully saturated rings. The number of aromatic nitrogens is 6. The molecule has 1 aromatic carbocycles. The lowest BCUT2D eigenvalue weighted by Gasteiger charge is -2.36. The minimum Gasteiger partial charge on any atom is -0.385 e. The number of aromatic amines is 1. The number of aliphatic hydroxyl groups is 1. The summed E-state index contributed by atoms with van der Waals surface area (Å²) in [7, 11) is -1.85. The summed E-state index contributed by atoms with van der Waals surface area (Å²) in [6, 6.07) is 11.3. The molecule has 0 aliphatic carbocycles. The largest absolute Gasteiger partial charge is 0.385 e. The predicted molar refractivity (Wildman–Crippen MR) is 230 cm³/mol. The van der Waals surface area contributed by atoms with Crippen LogP contribution >= 0.6 is 15.2 Å². The molecule has 4 N–H and O–H groups in total. The van der Waals surface area contributed by atoms with Crippen molar-refractivity contribution in [1.29, 1.82) is 10.7 Å². The van der Waals surface area contributed by atoms with Gasteiger partial charge in [0.1, 0.15) is 30.7 Å². The number of rotatable bonds is 22. The summed E-state index contributed by atoms with van der Waals surface area (Å²) in [5.74, 6) is -0.414. The first-order chi connectivity index (χ1) is 30.7. The van der Waals surface area contributed by atoms with Gasteiger partial charge in [-0.3, -0.25) is 28.2 Å². The number of imidazole rings is 1. The maximum atomic E-state index is 16.8. The monoisotopic (exact) mass is 952 g/mol. The van der Waals surface area contributed by atoms with Crippen LogP contribution < -0.4 is 16.6 Å². The number of nitrogens with one attached hydrogen (secondary N) is 3. The fourth-order valence-corrected chi connectivity index (χ4v) is 10.5. The summed E-state index contributed by atoms with van der Waals surface area (Å²) < 4.78 is 78.8. The summed E-state index contributed by atoms with van der Waals surface area (Å²) in [5, 5.41) is 30.4. The van der Waals surface area contributed by atoms with E-state index in [2.05, 4.69) is 25.3 Å². The number of amides is 1. The first kappa shape index (κ1) is 49.1. The maximum absolute atomic E-state index is 16.8. The number of halogens is 2. The second-order valence-electron chi connectivity index (χ2n) is 14.9. The van der Waals surface area contributed by atoms with Gasteiger partial charge >= 0.3 is 12.4 Å². The van der Waals surface area contributed by atoms with E-state index in [9.17, 15) is 19.5 Å². The minimum absolute atomic E-state index is 0.0258. The number of hydrogen-bond acceptors (Lipinski definition) is 18. The number of benzene rings is 1. The zero-order valence-electron chi connectivity index (χ0n) is 35.0. The van der Waals surface area contributed by atoms with Crippen LogP contribution in [0.25, 0.3) is 11.2 Å². The summed E-state index contributed by atoms with van der Waals surface area (Å²) in [6.07, 6.45) is -9.06. The van der Waals surface area contributed by atoms with Gasteiger partial charge in [-0.15, -0.1) is 0 Å². The third kappa shape index (κ3) is 11.5. The Labute approximate surface area is 371 Å². The molecule has 2 aliphatic rings. The molecule has 0 bridgehead atoms. The normalized spacial score (nSPS) is 24.9. The number of alkyl halides is 2. The number of nitrogens with zero attached hydrogens (tertiary/aromatic N) is 7. The van der Waals surface area contributed by atoms with Gasteiger partial charge in [0.25, 0.3) is 20.0 Å². The lowest BCUT2D eigenvalue weighted by Crippen LogP contribution is -2.38. The predicted octanol–water partition coefficient (Wildman–Crippen LogP) is 4.44. The van der Waals surface area contributed by atoms with Gasteiger partial charge in [-0.05, 0) is 57.8 Å². The van der Waals surface area contributed by atoms with E-state index < -0.39 is 94.8 Å². The Morgan fingerprint density at radius 3 is 2.45 bits per heavy atom. The molecule has 6 rings (SSSR count). The van der Waals surface area contributed by atoms with Gasteiger partial charge in [0.15, 0.2) is 41.8 Å². The number of H-pyrrole nitrogens is 1. The number of nitriles is 1. The van der Waals surface area contributed by atoms with Crippen LogP contribution in [0.2, 0.25) is 0 Å². The molecule has 0 saturated carbocycles. The molecule has 64 heavy (non-hydrogen) atoms. The molecule has 26 heteroatoms. The van der Waals surface area contributed by atoms with E-state index >= 15 is 8.78 Å². The van der Waals surface area contributed by atoms with E-state index in [-0.39, 0.29) is 55.1 Å². The molecule has 1 amide bonds. The number of fused-ring (bicyclic) bond motifs is 1. The van der Waals surface area contributed by atoms with Gasteiger partial charge in [0, 0.05) is 36.3 Å². The Bertz CT molecular complexity index is 2420. The molecule has 21 nitrogen and oxygen atoms in total. The lowest BCUT2D eigenvalue weighted by atomic mass is 10.1. The van der Waals surface area contributed by atoms with E-state index in [1.807, 2.05) is 38.4 Å². The smallest absolute Gasteiger partial charge is 0.330 e. The number of carbonyl (C=O) groups excluding carboxylic acids is 1. The van der Waals surface area contributed by atoms with Crippen LogP contribution in [0.1, 0.15) is 63.4 Å². The number of ether oxygens (including phenoxy) is 2. The molecule has 6 unspecified atom stereocenters. The highest BCUT2D eigenvalue weighted by Gasteiger charge is 2.52. The van der Waals surface area contributed by atoms with Crippen molar-refractivity contribution < 1.29 is 50.8 Å². The first-order valence-electron chi connectivity index (χ1n) is 20.1. The van der Waals surface area contributed by atoms with Gasteiger partial charge in [0.2, 0.25) is 0 Å². The van der Waals surface area contributed by atoms with E-state index in [4.69, 9.17) is 54.6 Å². The fourth-order valence-electron chi connectivity index (χ4n) is 6.85. The summed E-state index contributed by atoms with van der Waals surface area (Å²) in [4.78, 5) is 52.7. The van der Waals surface area contributed by atoms with Crippen LogP contribution in [-0.2, 0) is 43.9 Å². The number of carbonyl (C=O) groups is 1. The van der Waals surface area contributed by atoms with Crippen molar-refractivity contribution in [3.05, 3.63) is 81.7 Å². The molecular weight excluding hydrogens is 904 g/mol. The number of aliphatic hydroxyl groups excluding tert-OH is 1. The van der Waals surface area contributed by atoms with Crippen molar-refractivity contribution >= 4 is 56.2 Å². The van der Waals surface area contributed by atoms with Gasteiger partial charge < -0.3 is 43.4 Å². The maximum Gasteiger partial charge on any atom is 0.330 e. The Hall–Kier alpha value is -4.34. The fraction of sp³-hybridized carbons (Fsp3) is 0.526. The Balaban J connectivity index is 1.21. The Kier molecular flexibility index (Phi) is 17.1. The van der Waals surface area contributed by atoms with E-state index in [0.717, 1.165) is 29.4 Å². The van der Waals surface area contributed by atoms with Crippen molar-refractivity contribution in [3.63, 3.8) is 0 Å². The van der Waals surface area contributed by atoms with Crippen LogP contribution in [0.5, 0.6) is 0 Å². The molecule has 3 aromatic heterocycles. The SMILES string of the molecule is CC(C)N(C(C)C)P(OCCC#N)OC[C@H]1O[C@@H](n2ccc(=O)[nH]c2=O)C(OP(=S)(OCCC=N)OC[C@H]2O[C@@H](n3cnc4c(NC(=O)c5ccccc5)ncnc43)C(O)C2F)C1F. The Morgan fingerprint density at radius 1 is 1.05 bits per heavy atom. The molecule has 0 radical (unpaired) electrons. The third-order valence-corrected chi connectivity index (χ3v) is 14.2. The lowest BCUT2D eigenvalue weighted by molar-refractivity contribution is -0.0587. The van der Waals surface area contributed by atoms with Crippen molar-refractivity contribution in [3.8, 4) is 6.07 Å². The molecule has 5 heterocycles. The highest BCUT2D eigenvalue weighted by molar-refractivity contribution is 8.07. The average Bonchev–Trinajstić information content (AvgIpc) is 3.91. The summed E-state index contributed by atoms with van der Waals surface area (Å²) in [6.45, 7) is 2.19. The topological polar surface area (TPSA) is 263 Å². The molecule has 4 aromatic rings. The molecule has 346 valence electrons. The van der Waals surface area contributed by atoms with Crippen molar-refractivity contribution in [2.75, 3.05) is 31.7 Å². The molecule has 0 spiro atoms. The van der Waals surface area contributed by atoms with Crippen molar-refractivity contribution in [2.45, 2.75) is 102 Å². The minimum atomic E-state index is -4.19. The van der Waals surface area contributed by atoms with Gasteiger partial charge in [-0.25, -0.2) is 33.2 Å². The quantitative estimate of drug-likeness (QED) is 0.0482. The van der Waals surface area contributed by atoms with Crippen LogP contribution in [-0.4, -0.2) is 126 Å². The van der Waals surface area contributed by atoms with Crippen LogP contribution in [0, 0.1) is 16.7 Å². The van der Waals surface area contributed by atoms with Crippen molar-refractivity contribution in [2.24, 2.45) is 0 Å². The van der Waals surface area contributed by atoms with Crippen molar-refractivity contribution in [1.82, 2.24) is 33.7 Å². The standard InChI is InChI=1S/C38H48F2N10O11P2S/c1-22(2)50(23(3)4)62(55-16-8-13-41)56-18-25-29(40)32(37(60-25)48-15-12-27(51)46-38(48)54)61-63(64,57-17-9-14-42)58-19-26-28(39)31(52)36(59-26)49-21-45-30-33(43-20-44-34(30)49)47-35(53)24-10-6-5-7-11-24/h5-7,10-12,14-15,20-23,25-26,28-29,31-32,36-37,42,52H,8-9,16-19H2,1-4H3,(H,46,51,54)(H,43,44,47,53)/t25-,26-,28?,29?,31?,32?,36-,37-,62?,63?/m1/s1. The van der Waals surface area contributed by atoms with Crippen LogP contribution in [0.4, 0.5) is 14.6 Å². The number of hydrogen-bond donors (Lipinski definition) is 4. The Morgan fingerprint density at radius 2 is 1.77 bits per heavy atom. The van der Waals surface area contributed by atoms with Crippen LogP contribution in [0.15, 0.2) is 64.8 Å².